The highest BCUT2D eigenvalue weighted by molar-refractivity contribution is 8.01. The van der Waals surface area contributed by atoms with Gasteiger partial charge in [-0.1, -0.05) is 13.3 Å². The summed E-state index contributed by atoms with van der Waals surface area (Å²) < 4.78 is 22.8. The Kier molecular flexibility index (Phi) is 4.92. The van der Waals surface area contributed by atoms with Gasteiger partial charge in [-0.05, 0) is 12.2 Å². The molecule has 1 saturated heterocycles. The fourth-order valence-corrected chi connectivity index (χ4v) is 5.64. The largest absolute Gasteiger partial charge is 0.354 e. The third-order valence-corrected chi connectivity index (χ3v) is 5.81. The number of nitrogens with one attached hydrogen (secondary N) is 1. The molecule has 1 heterocycles. The van der Waals surface area contributed by atoms with Gasteiger partial charge >= 0.3 is 0 Å². The van der Waals surface area contributed by atoms with Gasteiger partial charge in [0.15, 0.2) is 9.84 Å². The van der Waals surface area contributed by atoms with Gasteiger partial charge in [0.2, 0.25) is 6.41 Å². The monoisotopic (exact) mass is 251 g/mol. The van der Waals surface area contributed by atoms with Gasteiger partial charge in [-0.25, -0.2) is 8.42 Å². The summed E-state index contributed by atoms with van der Waals surface area (Å²) in [4.78, 5) is 10.3. The molecule has 1 rings (SSSR count). The number of carbonyl (C=O) groups is 1. The van der Waals surface area contributed by atoms with Gasteiger partial charge in [0, 0.05) is 5.25 Å². The minimum atomic E-state index is -2.95. The molecule has 0 aromatic rings. The van der Waals surface area contributed by atoms with Gasteiger partial charge in [0.1, 0.15) is 0 Å². The van der Waals surface area contributed by atoms with Gasteiger partial charge in [-0.15, -0.1) is 0 Å². The van der Waals surface area contributed by atoms with Crippen LogP contribution in [0.2, 0.25) is 0 Å². The van der Waals surface area contributed by atoms with E-state index in [1.807, 2.05) is 0 Å². The number of amides is 1. The van der Waals surface area contributed by atoms with E-state index in [0.29, 0.717) is 6.41 Å². The van der Waals surface area contributed by atoms with Gasteiger partial charge in [-0.3, -0.25) is 4.79 Å². The summed E-state index contributed by atoms with van der Waals surface area (Å²) >= 11 is 1.66. The molecule has 0 saturated carbocycles. The number of carbonyl (C=O) groups excluding carboxylic acids is 1. The first-order chi connectivity index (χ1) is 7.09. The van der Waals surface area contributed by atoms with E-state index >= 15 is 0 Å². The molecule has 15 heavy (non-hydrogen) atoms. The molecule has 0 aliphatic carbocycles. The van der Waals surface area contributed by atoms with Crippen molar-refractivity contribution in [3.05, 3.63) is 0 Å². The molecule has 0 aromatic heterocycles. The Morgan fingerprint density at radius 2 is 2.20 bits per heavy atom. The fraction of sp³-hybridized carbons (Fsp3) is 0.889. The summed E-state index contributed by atoms with van der Waals surface area (Å²) in [6.07, 6.45) is 2.80. The highest BCUT2D eigenvalue weighted by Crippen LogP contribution is 2.25. The van der Waals surface area contributed by atoms with Gasteiger partial charge in [0.25, 0.3) is 0 Å². The van der Waals surface area contributed by atoms with Crippen LogP contribution in [-0.2, 0) is 14.6 Å². The molecule has 4 nitrogen and oxygen atoms in total. The lowest BCUT2D eigenvalue weighted by Gasteiger charge is -2.16. The van der Waals surface area contributed by atoms with Crippen molar-refractivity contribution in [3.8, 4) is 0 Å². The summed E-state index contributed by atoms with van der Waals surface area (Å²) in [6.45, 7) is 2.10. The highest BCUT2D eigenvalue weighted by Gasteiger charge is 2.37. The van der Waals surface area contributed by atoms with Crippen LogP contribution in [0.1, 0.15) is 19.8 Å². The lowest BCUT2D eigenvalue weighted by Crippen LogP contribution is -2.36. The highest BCUT2D eigenvalue weighted by atomic mass is 32.2. The van der Waals surface area contributed by atoms with E-state index in [2.05, 4.69) is 12.2 Å². The first-order valence-corrected chi connectivity index (χ1v) is 7.98. The van der Waals surface area contributed by atoms with Crippen LogP contribution in [0.4, 0.5) is 0 Å². The number of unbranched alkanes of at least 4 members (excludes halogenated alkanes) is 1. The van der Waals surface area contributed by atoms with Crippen LogP contribution in [0.5, 0.6) is 0 Å². The van der Waals surface area contributed by atoms with Crippen molar-refractivity contribution in [2.45, 2.75) is 31.1 Å². The molecule has 0 aromatic carbocycles. The number of sulfone groups is 1. The molecule has 1 aliphatic heterocycles. The zero-order valence-corrected chi connectivity index (χ0v) is 10.4. The molecule has 0 bridgehead atoms. The predicted octanol–water partition coefficient (Wildman–Crippen LogP) is 0.431. The Morgan fingerprint density at radius 3 is 2.80 bits per heavy atom. The predicted molar refractivity (Wildman–Crippen MR) is 62.8 cm³/mol. The molecule has 0 unspecified atom stereocenters. The van der Waals surface area contributed by atoms with E-state index in [-0.39, 0.29) is 22.8 Å². The standard InChI is InChI=1S/C9H17NO3S2/c1-2-3-4-14-9-6-15(12,13)5-8(9)10-7-11/h7-9H,2-6H2,1H3,(H,10,11)/t8-,9+/m1/s1. The third-order valence-electron chi connectivity index (χ3n) is 2.41. The van der Waals surface area contributed by atoms with Crippen LogP contribution in [0.15, 0.2) is 0 Å². The first kappa shape index (κ1) is 12.8. The zero-order chi connectivity index (χ0) is 11.3. The second-order valence-electron chi connectivity index (χ2n) is 3.73. The normalized spacial score (nSPS) is 28.9. The van der Waals surface area contributed by atoms with Crippen LogP contribution in [0.25, 0.3) is 0 Å². The van der Waals surface area contributed by atoms with E-state index in [0.717, 1.165) is 18.6 Å². The van der Waals surface area contributed by atoms with Crippen molar-refractivity contribution < 1.29 is 13.2 Å². The van der Waals surface area contributed by atoms with E-state index in [9.17, 15) is 13.2 Å². The second kappa shape index (κ2) is 5.75. The lowest BCUT2D eigenvalue weighted by molar-refractivity contribution is -0.110. The quantitative estimate of drug-likeness (QED) is 0.549. The fourth-order valence-electron chi connectivity index (χ4n) is 1.60. The van der Waals surface area contributed by atoms with Gasteiger partial charge < -0.3 is 5.32 Å². The van der Waals surface area contributed by atoms with E-state index in [1.165, 1.54) is 0 Å². The van der Waals surface area contributed by atoms with Crippen molar-refractivity contribution in [3.63, 3.8) is 0 Å². The number of hydrogen-bond donors (Lipinski definition) is 1. The summed E-state index contributed by atoms with van der Waals surface area (Å²) in [6, 6.07) is -0.200. The minimum absolute atomic E-state index is 0.0340. The lowest BCUT2D eigenvalue weighted by atomic mass is 10.3. The van der Waals surface area contributed by atoms with Crippen LogP contribution < -0.4 is 5.32 Å². The van der Waals surface area contributed by atoms with E-state index in [4.69, 9.17) is 0 Å². The first-order valence-electron chi connectivity index (χ1n) is 5.11. The van der Waals surface area contributed by atoms with Gasteiger partial charge in [-0.2, -0.15) is 11.8 Å². The molecular weight excluding hydrogens is 234 g/mol. The summed E-state index contributed by atoms with van der Waals surface area (Å²) in [7, 11) is -2.95. The number of thioether (sulfide) groups is 1. The second-order valence-corrected chi connectivity index (χ2v) is 7.23. The third kappa shape index (κ3) is 4.03. The summed E-state index contributed by atoms with van der Waals surface area (Å²) in [5, 5.41) is 2.63. The van der Waals surface area contributed by atoms with Crippen molar-refractivity contribution in [1.82, 2.24) is 5.32 Å². The molecule has 2 atom stereocenters. The number of rotatable bonds is 6. The van der Waals surface area contributed by atoms with E-state index < -0.39 is 9.84 Å². The maximum absolute atomic E-state index is 11.4. The van der Waals surface area contributed by atoms with Crippen molar-refractivity contribution in [2.24, 2.45) is 0 Å². The Hall–Kier alpha value is -0.230. The maximum Gasteiger partial charge on any atom is 0.207 e. The minimum Gasteiger partial charge on any atom is -0.354 e. The Balaban J connectivity index is 2.49. The molecule has 1 fully saturated rings. The molecule has 1 N–H and O–H groups in total. The van der Waals surface area contributed by atoms with Crippen molar-refractivity contribution in [1.29, 1.82) is 0 Å². The average Bonchev–Trinajstić information content (AvgIpc) is 2.42. The van der Waals surface area contributed by atoms with Crippen molar-refractivity contribution in [2.75, 3.05) is 17.3 Å². The molecule has 1 aliphatic rings. The smallest absolute Gasteiger partial charge is 0.207 e. The summed E-state index contributed by atoms with van der Waals surface area (Å²) in [5.74, 6) is 1.26. The Labute approximate surface area is 95.1 Å². The topological polar surface area (TPSA) is 63.2 Å². The van der Waals surface area contributed by atoms with Crippen LogP contribution in [0.3, 0.4) is 0 Å². The summed E-state index contributed by atoms with van der Waals surface area (Å²) in [5.41, 5.74) is 0. The van der Waals surface area contributed by atoms with Gasteiger partial charge in [0.05, 0.1) is 17.5 Å². The Morgan fingerprint density at radius 1 is 1.47 bits per heavy atom. The Bertz CT molecular complexity index is 302. The molecule has 0 radical (unpaired) electrons. The average molecular weight is 251 g/mol. The molecule has 6 heteroatoms. The molecule has 88 valence electrons. The molecule has 1 amide bonds. The van der Waals surface area contributed by atoms with Crippen molar-refractivity contribution >= 4 is 28.0 Å². The van der Waals surface area contributed by atoms with Crippen LogP contribution >= 0.6 is 11.8 Å². The van der Waals surface area contributed by atoms with E-state index in [1.54, 1.807) is 11.8 Å². The number of hydrogen-bond acceptors (Lipinski definition) is 4. The van der Waals surface area contributed by atoms with Crippen LogP contribution in [0, 0.1) is 0 Å². The van der Waals surface area contributed by atoms with Crippen LogP contribution in [-0.4, -0.2) is 43.4 Å². The molecular formula is C9H17NO3S2. The molecule has 0 spiro atoms. The zero-order valence-electron chi connectivity index (χ0n) is 8.81. The SMILES string of the molecule is CCCCS[C@H]1CS(=O)(=O)C[C@H]1NC=O. The maximum atomic E-state index is 11.4.